The molecule has 1 saturated heterocycles. The van der Waals surface area contributed by atoms with Gasteiger partial charge in [0, 0.05) is 36.3 Å². The number of benzene rings is 3. The van der Waals surface area contributed by atoms with E-state index in [-0.39, 0.29) is 9.79 Å². The zero-order chi connectivity index (χ0) is 25.9. The molecule has 0 unspecified atom stereocenters. The topological polar surface area (TPSA) is 104 Å². The lowest BCUT2D eigenvalue weighted by Crippen LogP contribution is -2.27. The molecule has 0 radical (unpaired) electrons. The molecular weight excluding hydrogens is 518 g/mol. The molecule has 0 spiro atoms. The van der Waals surface area contributed by atoms with Gasteiger partial charge in [-0.3, -0.25) is 9.10 Å². The molecule has 1 fully saturated rings. The van der Waals surface area contributed by atoms with Crippen molar-refractivity contribution in [3.8, 4) is 0 Å². The Kier molecular flexibility index (Phi) is 7.74. The average Bonchev–Trinajstić information content (AvgIpc) is 3.45. The van der Waals surface area contributed by atoms with Crippen LogP contribution in [-0.4, -0.2) is 53.4 Å². The Morgan fingerprint density at radius 2 is 1.39 bits per heavy atom. The molecule has 190 valence electrons. The molecule has 0 aromatic heterocycles. The normalized spacial score (nSPS) is 14.5. The summed E-state index contributed by atoms with van der Waals surface area (Å²) in [6.45, 7) is 1.05. The van der Waals surface area contributed by atoms with Crippen LogP contribution in [0.5, 0.6) is 0 Å². The first kappa shape index (κ1) is 26.2. The molecule has 0 bridgehead atoms. The van der Waals surface area contributed by atoms with Crippen LogP contribution in [0, 0.1) is 0 Å². The molecule has 0 aliphatic carbocycles. The van der Waals surface area contributed by atoms with Crippen molar-refractivity contribution >= 4 is 49.1 Å². The molecule has 11 heteroatoms. The predicted octanol–water partition coefficient (Wildman–Crippen LogP) is 4.27. The van der Waals surface area contributed by atoms with E-state index in [0.29, 0.717) is 30.0 Å². The van der Waals surface area contributed by atoms with Gasteiger partial charge in [0.2, 0.25) is 10.0 Å². The summed E-state index contributed by atoms with van der Waals surface area (Å²) in [5.41, 5.74) is 1.21. The second-order valence-corrected chi connectivity index (χ2v) is 13.1. The summed E-state index contributed by atoms with van der Waals surface area (Å²) in [7, 11) is -5.81. The van der Waals surface area contributed by atoms with E-state index in [9.17, 15) is 21.6 Å². The van der Waals surface area contributed by atoms with E-state index in [1.807, 2.05) is 6.26 Å². The Hall–Kier alpha value is -2.86. The fraction of sp³-hybridized carbons (Fsp3) is 0.240. The lowest BCUT2D eigenvalue weighted by atomic mass is 10.2. The number of hydrogen-bond acceptors (Lipinski definition) is 6. The molecule has 1 aliphatic heterocycles. The van der Waals surface area contributed by atoms with E-state index < -0.39 is 26.0 Å². The first-order valence-corrected chi connectivity index (χ1v) is 15.4. The maximum absolute atomic E-state index is 13.0. The molecule has 8 nitrogen and oxygen atoms in total. The van der Waals surface area contributed by atoms with Crippen LogP contribution < -0.4 is 9.62 Å². The van der Waals surface area contributed by atoms with E-state index in [0.717, 1.165) is 17.7 Å². The number of anilines is 2. The van der Waals surface area contributed by atoms with Crippen molar-refractivity contribution in [1.82, 2.24) is 4.31 Å². The summed E-state index contributed by atoms with van der Waals surface area (Å²) in [6, 6.07) is 18.9. The van der Waals surface area contributed by atoms with Gasteiger partial charge in [0.05, 0.1) is 15.5 Å². The monoisotopic (exact) mass is 545 g/mol. The van der Waals surface area contributed by atoms with Crippen LogP contribution in [0.4, 0.5) is 11.4 Å². The van der Waals surface area contributed by atoms with E-state index in [1.165, 1.54) is 39.6 Å². The number of hydrogen-bond donors (Lipinski definition) is 1. The van der Waals surface area contributed by atoms with Gasteiger partial charge in [-0.25, -0.2) is 16.8 Å². The van der Waals surface area contributed by atoms with Crippen molar-refractivity contribution in [2.24, 2.45) is 0 Å². The predicted molar refractivity (Wildman–Crippen MR) is 143 cm³/mol. The summed E-state index contributed by atoms with van der Waals surface area (Å²) in [4.78, 5) is 14.0. The van der Waals surface area contributed by atoms with Gasteiger partial charge in [-0.2, -0.15) is 4.31 Å². The molecule has 0 atom stereocenters. The van der Waals surface area contributed by atoms with Crippen molar-refractivity contribution in [2.45, 2.75) is 27.5 Å². The Balaban J connectivity index is 1.43. The largest absolute Gasteiger partial charge is 0.322 e. The third-order valence-corrected chi connectivity index (χ3v) is 10.5. The van der Waals surface area contributed by atoms with Crippen LogP contribution in [0.25, 0.3) is 0 Å². The highest BCUT2D eigenvalue weighted by Crippen LogP contribution is 2.25. The molecule has 1 N–H and O–H groups in total. The van der Waals surface area contributed by atoms with Crippen molar-refractivity contribution in [2.75, 3.05) is 36.0 Å². The molecule has 3 aromatic carbocycles. The van der Waals surface area contributed by atoms with Crippen LogP contribution in [0.2, 0.25) is 0 Å². The highest BCUT2D eigenvalue weighted by molar-refractivity contribution is 7.98. The summed E-state index contributed by atoms with van der Waals surface area (Å²) in [6.07, 6.45) is 3.64. The van der Waals surface area contributed by atoms with Crippen LogP contribution in [0.3, 0.4) is 0 Å². The van der Waals surface area contributed by atoms with Crippen LogP contribution in [-0.2, 0) is 20.0 Å². The maximum atomic E-state index is 13.0. The quantitative estimate of drug-likeness (QED) is 0.424. The van der Waals surface area contributed by atoms with Crippen molar-refractivity contribution in [1.29, 1.82) is 0 Å². The van der Waals surface area contributed by atoms with Gasteiger partial charge in [0.15, 0.2) is 0 Å². The van der Waals surface area contributed by atoms with E-state index in [1.54, 1.807) is 60.7 Å². The maximum Gasteiger partial charge on any atom is 0.264 e. The van der Waals surface area contributed by atoms with Gasteiger partial charge in [-0.1, -0.05) is 0 Å². The van der Waals surface area contributed by atoms with Gasteiger partial charge < -0.3 is 5.32 Å². The smallest absolute Gasteiger partial charge is 0.264 e. The summed E-state index contributed by atoms with van der Waals surface area (Å²) in [5, 5.41) is 2.74. The summed E-state index contributed by atoms with van der Waals surface area (Å²) >= 11 is 1.53. The van der Waals surface area contributed by atoms with E-state index in [4.69, 9.17) is 0 Å². The zero-order valence-electron chi connectivity index (χ0n) is 19.9. The fourth-order valence-corrected chi connectivity index (χ4v) is 6.98. The van der Waals surface area contributed by atoms with Gasteiger partial charge in [-0.15, -0.1) is 11.8 Å². The number of nitrogens with zero attached hydrogens (tertiary/aromatic N) is 2. The average molecular weight is 546 g/mol. The lowest BCUT2D eigenvalue weighted by Gasteiger charge is -2.20. The highest BCUT2D eigenvalue weighted by atomic mass is 32.2. The highest BCUT2D eigenvalue weighted by Gasteiger charge is 2.27. The van der Waals surface area contributed by atoms with Crippen molar-refractivity contribution < 1.29 is 21.6 Å². The Labute approximate surface area is 216 Å². The Morgan fingerprint density at radius 1 is 0.833 bits per heavy atom. The Bertz CT molecular complexity index is 1430. The first-order chi connectivity index (χ1) is 17.1. The lowest BCUT2D eigenvalue weighted by molar-refractivity contribution is 0.102. The third-order valence-electron chi connectivity index (χ3n) is 6.03. The molecule has 0 saturated carbocycles. The number of amides is 1. The number of nitrogens with one attached hydrogen (secondary N) is 1. The van der Waals surface area contributed by atoms with Crippen molar-refractivity contribution in [3.05, 3.63) is 78.4 Å². The summed E-state index contributed by atoms with van der Waals surface area (Å²) in [5.74, 6) is -0.394. The number of thioether (sulfide) groups is 1. The number of carbonyl (C=O) groups is 1. The first-order valence-electron chi connectivity index (χ1n) is 11.3. The third kappa shape index (κ3) is 5.44. The van der Waals surface area contributed by atoms with Crippen LogP contribution >= 0.6 is 11.8 Å². The van der Waals surface area contributed by atoms with E-state index in [2.05, 4.69) is 5.32 Å². The summed E-state index contributed by atoms with van der Waals surface area (Å²) < 4.78 is 53.9. The van der Waals surface area contributed by atoms with E-state index >= 15 is 0 Å². The minimum Gasteiger partial charge on any atom is -0.322 e. The van der Waals surface area contributed by atoms with Gasteiger partial charge in [-0.05, 0) is 91.9 Å². The SMILES string of the molecule is CSc1ccc(S(=O)(=O)N(C)c2ccc(C(=O)Nc3ccc(S(=O)(=O)N4CCCC4)cc3)cc2)cc1. The van der Waals surface area contributed by atoms with Crippen molar-refractivity contribution in [3.63, 3.8) is 0 Å². The Morgan fingerprint density at radius 3 is 1.94 bits per heavy atom. The van der Waals surface area contributed by atoms with Crippen LogP contribution in [0.15, 0.2) is 87.5 Å². The van der Waals surface area contributed by atoms with Gasteiger partial charge >= 0.3 is 0 Å². The fourth-order valence-electron chi connectivity index (χ4n) is 3.86. The number of sulfonamides is 2. The molecule has 3 aromatic rings. The molecule has 4 rings (SSSR count). The molecule has 1 heterocycles. The minimum absolute atomic E-state index is 0.180. The molecular formula is C25H27N3O5S3. The second-order valence-electron chi connectivity index (χ2n) is 8.28. The van der Waals surface area contributed by atoms with Gasteiger partial charge in [0.25, 0.3) is 15.9 Å². The number of rotatable bonds is 8. The van der Waals surface area contributed by atoms with Crippen LogP contribution in [0.1, 0.15) is 23.2 Å². The van der Waals surface area contributed by atoms with Gasteiger partial charge in [0.1, 0.15) is 0 Å². The number of carbonyl (C=O) groups excluding carboxylic acids is 1. The second kappa shape index (κ2) is 10.6. The standard InChI is InChI=1S/C25H27N3O5S3/c1-27(35(30,31)23-15-11-22(34-2)12-16-23)21-9-5-19(6-10-21)25(29)26-20-7-13-24(14-8-20)36(32,33)28-17-3-4-18-28/h5-16H,3-4,17-18H2,1-2H3,(H,26,29). The molecule has 36 heavy (non-hydrogen) atoms. The minimum atomic E-state index is -3.75. The molecule has 1 amide bonds. The zero-order valence-corrected chi connectivity index (χ0v) is 22.4. The molecule has 1 aliphatic rings.